The summed E-state index contributed by atoms with van der Waals surface area (Å²) in [5.74, 6) is 0. The zero-order valence-corrected chi connectivity index (χ0v) is 10.6. The molecule has 0 heterocycles. The number of nitrogens with one attached hydrogen (secondary N) is 1. The van der Waals surface area contributed by atoms with E-state index in [4.69, 9.17) is 28.9 Å². The van der Waals surface area contributed by atoms with E-state index in [-0.39, 0.29) is 0 Å². The Labute approximate surface area is 106 Å². The molecule has 2 nitrogen and oxygen atoms in total. The lowest BCUT2D eigenvalue weighted by molar-refractivity contribution is 0.411. The Hall–Kier alpha value is -0.440. The van der Waals surface area contributed by atoms with Crippen LogP contribution in [0.4, 0.5) is 5.69 Å². The van der Waals surface area contributed by atoms with Gasteiger partial charge in [-0.1, -0.05) is 29.3 Å². The molecule has 0 spiro atoms. The fraction of sp³-hybridized carbons (Fsp3) is 0.500. The van der Waals surface area contributed by atoms with Crippen molar-refractivity contribution >= 4 is 28.9 Å². The normalized spacial score (nSPS) is 25.4. The molecule has 1 aliphatic carbocycles. The summed E-state index contributed by atoms with van der Waals surface area (Å²) in [4.78, 5) is 0. The van der Waals surface area contributed by atoms with Gasteiger partial charge in [-0.25, -0.2) is 0 Å². The first-order valence-electron chi connectivity index (χ1n) is 5.63. The molecular weight excluding hydrogens is 243 g/mol. The number of rotatable bonds is 2. The van der Waals surface area contributed by atoms with E-state index in [0.717, 1.165) is 31.4 Å². The Kier molecular flexibility index (Phi) is 3.95. The maximum Gasteiger partial charge on any atom is 0.0823 e. The summed E-state index contributed by atoms with van der Waals surface area (Å²) < 4.78 is 0. The molecule has 1 aliphatic rings. The van der Waals surface area contributed by atoms with E-state index >= 15 is 0 Å². The summed E-state index contributed by atoms with van der Waals surface area (Å²) >= 11 is 12.1. The summed E-state index contributed by atoms with van der Waals surface area (Å²) in [5, 5.41) is 4.65. The maximum atomic E-state index is 6.12. The number of halogens is 2. The molecule has 0 radical (unpaired) electrons. The highest BCUT2D eigenvalue weighted by Gasteiger charge is 2.19. The molecule has 1 aromatic carbocycles. The minimum atomic E-state index is 0.368. The highest BCUT2D eigenvalue weighted by atomic mass is 35.5. The van der Waals surface area contributed by atoms with Crippen LogP contribution in [0.5, 0.6) is 0 Å². The van der Waals surface area contributed by atoms with E-state index in [9.17, 15) is 0 Å². The van der Waals surface area contributed by atoms with Crippen LogP contribution in [-0.2, 0) is 0 Å². The van der Waals surface area contributed by atoms with Gasteiger partial charge in [-0.2, -0.15) is 0 Å². The third-order valence-corrected chi connectivity index (χ3v) is 3.90. The summed E-state index contributed by atoms with van der Waals surface area (Å²) in [5.41, 5.74) is 6.79. The van der Waals surface area contributed by atoms with Crippen molar-refractivity contribution in [3.8, 4) is 0 Å². The molecule has 0 aromatic heterocycles. The van der Waals surface area contributed by atoms with Gasteiger partial charge in [-0.05, 0) is 37.8 Å². The fourth-order valence-electron chi connectivity index (χ4n) is 2.10. The zero-order valence-electron chi connectivity index (χ0n) is 9.05. The van der Waals surface area contributed by atoms with Gasteiger partial charge in [0, 0.05) is 12.1 Å². The highest BCUT2D eigenvalue weighted by molar-refractivity contribution is 6.43. The smallest absolute Gasteiger partial charge is 0.0823 e. The zero-order chi connectivity index (χ0) is 11.5. The van der Waals surface area contributed by atoms with Crippen molar-refractivity contribution in [1.82, 2.24) is 0 Å². The Morgan fingerprint density at radius 1 is 1.12 bits per heavy atom. The molecule has 1 aromatic rings. The monoisotopic (exact) mass is 258 g/mol. The van der Waals surface area contributed by atoms with Gasteiger partial charge in [0.1, 0.15) is 0 Å². The van der Waals surface area contributed by atoms with E-state index < -0.39 is 0 Å². The molecule has 0 unspecified atom stereocenters. The van der Waals surface area contributed by atoms with E-state index in [1.165, 1.54) is 0 Å². The van der Waals surface area contributed by atoms with Crippen LogP contribution in [0.2, 0.25) is 10.0 Å². The third kappa shape index (κ3) is 2.82. The van der Waals surface area contributed by atoms with Gasteiger partial charge in [0.15, 0.2) is 0 Å². The van der Waals surface area contributed by atoms with Gasteiger partial charge in [0.2, 0.25) is 0 Å². The average Bonchev–Trinajstić information content (AvgIpc) is 2.28. The molecule has 1 fully saturated rings. The number of nitrogens with two attached hydrogens (primary N) is 1. The molecule has 2 rings (SSSR count). The van der Waals surface area contributed by atoms with E-state index in [1.807, 2.05) is 12.1 Å². The molecule has 0 amide bonds. The molecule has 4 heteroatoms. The van der Waals surface area contributed by atoms with Gasteiger partial charge in [-0.15, -0.1) is 0 Å². The minimum absolute atomic E-state index is 0.368. The molecule has 0 atom stereocenters. The number of hydrogen-bond donors (Lipinski definition) is 2. The topological polar surface area (TPSA) is 38.0 Å². The largest absolute Gasteiger partial charge is 0.381 e. The van der Waals surface area contributed by atoms with Crippen LogP contribution in [-0.4, -0.2) is 12.1 Å². The first-order chi connectivity index (χ1) is 7.66. The Bertz CT molecular complexity index is 360. The Balaban J connectivity index is 2.01. The minimum Gasteiger partial charge on any atom is -0.381 e. The second kappa shape index (κ2) is 5.26. The summed E-state index contributed by atoms with van der Waals surface area (Å²) in [7, 11) is 0. The maximum absolute atomic E-state index is 6.12. The predicted molar refractivity (Wildman–Crippen MR) is 70.3 cm³/mol. The fourth-order valence-corrected chi connectivity index (χ4v) is 2.45. The SMILES string of the molecule is NC1CCC(Nc2cccc(Cl)c2Cl)CC1. The van der Waals surface area contributed by atoms with Crippen LogP contribution in [0.1, 0.15) is 25.7 Å². The third-order valence-electron chi connectivity index (χ3n) is 3.08. The molecule has 0 bridgehead atoms. The Morgan fingerprint density at radius 2 is 1.81 bits per heavy atom. The number of hydrogen-bond acceptors (Lipinski definition) is 2. The van der Waals surface area contributed by atoms with Crippen LogP contribution < -0.4 is 11.1 Å². The molecule has 0 aliphatic heterocycles. The Morgan fingerprint density at radius 3 is 2.50 bits per heavy atom. The van der Waals surface area contributed by atoms with Gasteiger partial charge < -0.3 is 11.1 Å². The van der Waals surface area contributed by atoms with Gasteiger partial charge in [0.25, 0.3) is 0 Å². The molecule has 88 valence electrons. The standard InChI is InChI=1S/C12H16Cl2N2/c13-10-2-1-3-11(12(10)14)16-9-6-4-8(15)5-7-9/h1-3,8-9,16H,4-7,15H2. The highest BCUT2D eigenvalue weighted by Crippen LogP contribution is 2.31. The molecular formula is C12H16Cl2N2. The average molecular weight is 259 g/mol. The summed E-state index contributed by atoms with van der Waals surface area (Å²) in [6, 6.07) is 6.50. The molecule has 16 heavy (non-hydrogen) atoms. The van der Waals surface area contributed by atoms with Crippen LogP contribution >= 0.6 is 23.2 Å². The number of benzene rings is 1. The summed E-state index contributed by atoms with van der Waals surface area (Å²) in [6.45, 7) is 0. The molecule has 0 saturated heterocycles. The van der Waals surface area contributed by atoms with E-state index in [2.05, 4.69) is 5.32 Å². The van der Waals surface area contributed by atoms with Crippen LogP contribution in [0.25, 0.3) is 0 Å². The quantitative estimate of drug-likeness (QED) is 0.850. The van der Waals surface area contributed by atoms with E-state index in [1.54, 1.807) is 6.07 Å². The van der Waals surface area contributed by atoms with Crippen LogP contribution in [0.3, 0.4) is 0 Å². The second-order valence-corrected chi connectivity index (χ2v) is 5.14. The van der Waals surface area contributed by atoms with Crippen molar-refractivity contribution in [3.05, 3.63) is 28.2 Å². The first-order valence-corrected chi connectivity index (χ1v) is 6.38. The first kappa shape index (κ1) is 12.0. The van der Waals surface area contributed by atoms with Crippen LogP contribution in [0, 0.1) is 0 Å². The van der Waals surface area contributed by atoms with Gasteiger partial charge in [0.05, 0.1) is 15.7 Å². The van der Waals surface area contributed by atoms with Crippen molar-refractivity contribution < 1.29 is 0 Å². The van der Waals surface area contributed by atoms with Gasteiger partial charge in [-0.3, -0.25) is 0 Å². The van der Waals surface area contributed by atoms with Crippen molar-refractivity contribution in [2.45, 2.75) is 37.8 Å². The molecule has 3 N–H and O–H groups in total. The van der Waals surface area contributed by atoms with Crippen molar-refractivity contribution in [2.24, 2.45) is 5.73 Å². The van der Waals surface area contributed by atoms with Crippen molar-refractivity contribution in [2.75, 3.05) is 5.32 Å². The lowest BCUT2D eigenvalue weighted by atomic mass is 9.92. The van der Waals surface area contributed by atoms with E-state index in [0.29, 0.717) is 22.1 Å². The number of anilines is 1. The van der Waals surface area contributed by atoms with Crippen molar-refractivity contribution in [1.29, 1.82) is 0 Å². The lowest BCUT2D eigenvalue weighted by Crippen LogP contribution is -2.32. The lowest BCUT2D eigenvalue weighted by Gasteiger charge is -2.28. The second-order valence-electron chi connectivity index (χ2n) is 4.36. The summed E-state index contributed by atoms with van der Waals surface area (Å²) in [6.07, 6.45) is 4.36. The van der Waals surface area contributed by atoms with Gasteiger partial charge >= 0.3 is 0 Å². The van der Waals surface area contributed by atoms with Crippen molar-refractivity contribution in [3.63, 3.8) is 0 Å². The predicted octanol–water partition coefficient (Wildman–Crippen LogP) is 3.68. The molecule has 1 saturated carbocycles. The van der Waals surface area contributed by atoms with Crippen LogP contribution in [0.15, 0.2) is 18.2 Å².